The minimum atomic E-state index is -4.10. The molecule has 2 N–H and O–H groups in total. The third-order valence-corrected chi connectivity index (χ3v) is 7.72. The van der Waals surface area contributed by atoms with Crippen LogP contribution >= 0.6 is 0 Å². The molecule has 12 heteroatoms. The van der Waals surface area contributed by atoms with Gasteiger partial charge in [-0.25, -0.2) is 13.2 Å². The van der Waals surface area contributed by atoms with Crippen molar-refractivity contribution in [1.82, 2.24) is 9.62 Å². The van der Waals surface area contributed by atoms with Gasteiger partial charge in [0.05, 0.1) is 35.2 Å². The molecule has 11 nitrogen and oxygen atoms in total. The van der Waals surface area contributed by atoms with Crippen molar-refractivity contribution in [2.24, 2.45) is 5.92 Å². The Morgan fingerprint density at radius 2 is 1.86 bits per heavy atom. The second-order valence-corrected chi connectivity index (χ2v) is 11.3. The average molecular weight is 536 g/mol. The van der Waals surface area contributed by atoms with Crippen LogP contribution in [0.5, 0.6) is 0 Å². The lowest BCUT2D eigenvalue weighted by atomic mass is 10.0. The number of benzene rings is 2. The summed E-state index contributed by atoms with van der Waals surface area (Å²) in [5.74, 6) is -0.0760. The summed E-state index contributed by atoms with van der Waals surface area (Å²) in [6.07, 6.45) is -1.56. The highest BCUT2D eigenvalue weighted by Gasteiger charge is 2.32. The van der Waals surface area contributed by atoms with Crippen molar-refractivity contribution in [3.63, 3.8) is 0 Å². The number of alkyl carbamates (subject to hydrolysis) is 1. The van der Waals surface area contributed by atoms with Crippen molar-refractivity contribution in [3.8, 4) is 0 Å². The Hall–Kier alpha value is -3.06. The number of hydrogen-bond donors (Lipinski definition) is 2. The summed E-state index contributed by atoms with van der Waals surface area (Å²) in [6.45, 7) is 4.27. The second kappa shape index (κ2) is 13.0. The minimum absolute atomic E-state index is 0.0760. The Morgan fingerprint density at radius 3 is 2.43 bits per heavy atom. The van der Waals surface area contributed by atoms with Gasteiger partial charge in [0, 0.05) is 31.6 Å². The van der Waals surface area contributed by atoms with Gasteiger partial charge in [-0.05, 0) is 30.0 Å². The van der Waals surface area contributed by atoms with Crippen LogP contribution in [0, 0.1) is 16.0 Å². The Labute approximate surface area is 216 Å². The lowest BCUT2D eigenvalue weighted by molar-refractivity contribution is -0.384. The van der Waals surface area contributed by atoms with E-state index in [0.29, 0.717) is 19.6 Å². The molecule has 0 unspecified atom stereocenters. The van der Waals surface area contributed by atoms with Crippen LogP contribution in [0.3, 0.4) is 0 Å². The molecule has 2 aromatic rings. The Morgan fingerprint density at radius 1 is 1.19 bits per heavy atom. The number of sulfonamides is 1. The number of amides is 1. The van der Waals surface area contributed by atoms with Crippen LogP contribution in [0.25, 0.3) is 0 Å². The highest BCUT2D eigenvalue weighted by Crippen LogP contribution is 2.22. The van der Waals surface area contributed by atoms with Crippen molar-refractivity contribution in [3.05, 3.63) is 70.3 Å². The molecule has 1 heterocycles. The van der Waals surface area contributed by atoms with E-state index in [9.17, 15) is 28.4 Å². The van der Waals surface area contributed by atoms with Crippen molar-refractivity contribution >= 4 is 21.8 Å². The number of hydrogen-bond acceptors (Lipinski definition) is 8. The highest BCUT2D eigenvalue weighted by molar-refractivity contribution is 7.89. The van der Waals surface area contributed by atoms with Crippen LogP contribution in [0.2, 0.25) is 0 Å². The van der Waals surface area contributed by atoms with Gasteiger partial charge in [-0.2, -0.15) is 4.31 Å². The number of nitrogens with one attached hydrogen (secondary N) is 1. The molecule has 0 radical (unpaired) electrons. The van der Waals surface area contributed by atoms with E-state index in [1.807, 2.05) is 44.2 Å². The van der Waals surface area contributed by atoms with E-state index in [-0.39, 0.29) is 42.1 Å². The first-order valence-electron chi connectivity index (χ1n) is 12.1. The fourth-order valence-electron chi connectivity index (χ4n) is 4.00. The summed E-state index contributed by atoms with van der Waals surface area (Å²) in [7, 11) is -4.10. The molecule has 3 atom stereocenters. The third kappa shape index (κ3) is 8.22. The second-order valence-electron chi connectivity index (χ2n) is 9.37. The molecule has 0 aliphatic carbocycles. The number of nitro groups is 1. The van der Waals surface area contributed by atoms with E-state index >= 15 is 0 Å². The van der Waals surface area contributed by atoms with E-state index in [4.69, 9.17) is 9.47 Å². The number of non-ortho nitro benzene ring substituents is 1. The maximum Gasteiger partial charge on any atom is 0.407 e. The highest BCUT2D eigenvalue weighted by atomic mass is 32.2. The Balaban J connectivity index is 1.81. The molecule has 1 amide bonds. The first-order valence-corrected chi connectivity index (χ1v) is 13.5. The summed E-state index contributed by atoms with van der Waals surface area (Å²) in [6, 6.07) is 12.9. The Bertz CT molecular complexity index is 1140. The molecule has 0 saturated carbocycles. The lowest BCUT2D eigenvalue weighted by Gasteiger charge is -2.30. The number of nitrogens with zero attached hydrogens (tertiary/aromatic N) is 2. The molecule has 1 saturated heterocycles. The number of carbonyl (C=O) groups excluding carboxylic acids is 1. The minimum Gasteiger partial charge on any atom is -0.444 e. The van der Waals surface area contributed by atoms with E-state index in [0.717, 1.165) is 22.0 Å². The molecule has 2 aromatic carbocycles. The van der Waals surface area contributed by atoms with Crippen LogP contribution in [0.4, 0.5) is 10.5 Å². The lowest BCUT2D eigenvalue weighted by Crippen LogP contribution is -2.51. The normalized spacial score (nSPS) is 17.5. The number of rotatable bonds is 12. The molecule has 1 aliphatic rings. The van der Waals surface area contributed by atoms with E-state index in [1.165, 1.54) is 12.1 Å². The van der Waals surface area contributed by atoms with Gasteiger partial charge in [-0.3, -0.25) is 10.1 Å². The first-order chi connectivity index (χ1) is 17.6. The van der Waals surface area contributed by atoms with Crippen LogP contribution in [0.15, 0.2) is 59.5 Å². The monoisotopic (exact) mass is 535 g/mol. The standard InChI is InChI=1S/C25H33N3O8S/c1-18(2)15-27(37(33,34)22-10-8-20(9-11-22)28(31)32)16-24(29)23(14-19-6-4-3-5-7-19)26-25(30)36-21-12-13-35-17-21/h3-11,18,21,23-24,29H,12-17H2,1-2H3,(H,26,30)/t21-,23-,24-/m0/s1. The predicted octanol–water partition coefficient (Wildman–Crippen LogP) is 2.73. The van der Waals surface area contributed by atoms with Crippen molar-refractivity contribution in [2.75, 3.05) is 26.3 Å². The maximum absolute atomic E-state index is 13.4. The smallest absolute Gasteiger partial charge is 0.407 e. The number of aliphatic hydroxyl groups is 1. The van der Waals surface area contributed by atoms with Gasteiger partial charge in [0.2, 0.25) is 10.0 Å². The van der Waals surface area contributed by atoms with Crippen LogP contribution < -0.4 is 5.32 Å². The Kier molecular flexibility index (Phi) is 9.98. The van der Waals surface area contributed by atoms with Gasteiger partial charge in [0.25, 0.3) is 5.69 Å². The average Bonchev–Trinajstić information content (AvgIpc) is 3.36. The molecule has 1 aliphatic heterocycles. The summed E-state index contributed by atoms with van der Waals surface area (Å²) < 4.78 is 38.6. The quantitative estimate of drug-likeness (QED) is 0.311. The van der Waals surface area contributed by atoms with E-state index in [1.54, 1.807) is 0 Å². The first kappa shape index (κ1) is 28.5. The van der Waals surface area contributed by atoms with Gasteiger partial charge < -0.3 is 19.9 Å². The molecule has 0 spiro atoms. The number of aliphatic hydroxyl groups excluding tert-OH is 1. The fraction of sp³-hybridized carbons (Fsp3) is 0.480. The summed E-state index contributed by atoms with van der Waals surface area (Å²) >= 11 is 0. The molecule has 37 heavy (non-hydrogen) atoms. The molecular weight excluding hydrogens is 502 g/mol. The zero-order valence-electron chi connectivity index (χ0n) is 20.9. The fourth-order valence-corrected chi connectivity index (χ4v) is 5.62. The van der Waals surface area contributed by atoms with E-state index < -0.39 is 33.2 Å². The molecule has 0 aromatic heterocycles. The van der Waals surface area contributed by atoms with E-state index in [2.05, 4.69) is 5.32 Å². The van der Waals surface area contributed by atoms with Gasteiger partial charge >= 0.3 is 6.09 Å². The zero-order chi connectivity index (χ0) is 27.0. The van der Waals surface area contributed by atoms with Gasteiger partial charge in [-0.1, -0.05) is 44.2 Å². The van der Waals surface area contributed by atoms with Crippen LogP contribution in [-0.4, -0.2) is 73.4 Å². The van der Waals surface area contributed by atoms with Crippen LogP contribution in [0.1, 0.15) is 25.8 Å². The van der Waals surface area contributed by atoms with Crippen LogP contribution in [-0.2, 0) is 25.9 Å². The largest absolute Gasteiger partial charge is 0.444 e. The SMILES string of the molecule is CC(C)CN(C[C@H](O)[C@H](Cc1ccccc1)NC(=O)O[C@H]1CCOC1)S(=O)(=O)c1ccc([N+](=O)[O-])cc1. The van der Waals surface area contributed by atoms with Gasteiger partial charge in [0.15, 0.2) is 0 Å². The summed E-state index contributed by atoms with van der Waals surface area (Å²) in [4.78, 5) is 22.8. The molecule has 0 bridgehead atoms. The summed E-state index contributed by atoms with van der Waals surface area (Å²) in [5, 5.41) is 24.9. The van der Waals surface area contributed by atoms with Crippen molar-refractivity contribution in [2.45, 2.75) is 49.8 Å². The van der Waals surface area contributed by atoms with Crippen molar-refractivity contribution < 1.29 is 32.7 Å². The molecule has 1 fully saturated rings. The topological polar surface area (TPSA) is 148 Å². The molecule has 202 valence electrons. The molecular formula is C25H33N3O8S. The third-order valence-electron chi connectivity index (χ3n) is 5.87. The summed E-state index contributed by atoms with van der Waals surface area (Å²) in [5.41, 5.74) is 0.609. The zero-order valence-corrected chi connectivity index (χ0v) is 21.7. The molecule has 3 rings (SSSR count). The van der Waals surface area contributed by atoms with Gasteiger partial charge in [-0.15, -0.1) is 0 Å². The van der Waals surface area contributed by atoms with Crippen molar-refractivity contribution in [1.29, 1.82) is 0 Å². The number of nitro benzene ring substituents is 1. The number of carbonyl (C=O) groups is 1. The maximum atomic E-state index is 13.4. The number of ether oxygens (including phenoxy) is 2. The van der Waals surface area contributed by atoms with Gasteiger partial charge in [0.1, 0.15) is 6.10 Å². The predicted molar refractivity (Wildman–Crippen MR) is 135 cm³/mol.